The van der Waals surface area contributed by atoms with E-state index in [2.05, 4.69) is 15.0 Å². The third kappa shape index (κ3) is 3.10. The smallest absolute Gasteiger partial charge is 0.339 e. The summed E-state index contributed by atoms with van der Waals surface area (Å²) in [7, 11) is -1.78. The fraction of sp³-hybridized carbons (Fsp3) is 0.538. The van der Waals surface area contributed by atoms with Gasteiger partial charge in [0, 0.05) is 11.7 Å². The Hall–Kier alpha value is -1.83. The van der Waals surface area contributed by atoms with E-state index in [-0.39, 0.29) is 23.2 Å². The van der Waals surface area contributed by atoms with Crippen LogP contribution >= 0.6 is 0 Å². The molecule has 0 aromatic carbocycles. The second kappa shape index (κ2) is 5.51. The molecule has 0 radical (unpaired) electrons. The number of sulfone groups is 1. The van der Waals surface area contributed by atoms with Crippen LogP contribution in [0, 0.1) is 13.8 Å². The number of esters is 1. The topological polar surface area (TPSA) is 105 Å². The predicted molar refractivity (Wildman–Crippen MR) is 76.1 cm³/mol. The van der Waals surface area contributed by atoms with Crippen molar-refractivity contribution in [3.8, 4) is 0 Å². The van der Waals surface area contributed by atoms with Gasteiger partial charge in [-0.2, -0.15) is 0 Å². The Labute approximate surface area is 123 Å². The first-order valence-corrected chi connectivity index (χ1v) is 8.36. The fourth-order valence-electron chi connectivity index (χ4n) is 2.55. The molecule has 8 heteroatoms. The van der Waals surface area contributed by atoms with Gasteiger partial charge in [-0.3, -0.25) is 4.79 Å². The lowest BCUT2D eigenvalue weighted by Gasteiger charge is -2.10. The lowest BCUT2D eigenvalue weighted by Crippen LogP contribution is -2.36. The van der Waals surface area contributed by atoms with Crippen LogP contribution in [0.2, 0.25) is 0 Å². The summed E-state index contributed by atoms with van der Waals surface area (Å²) in [5, 5.41) is 2.69. The van der Waals surface area contributed by atoms with E-state index < -0.39 is 21.7 Å². The highest BCUT2D eigenvalue weighted by Crippen LogP contribution is 2.19. The summed E-state index contributed by atoms with van der Waals surface area (Å²) in [6.45, 7) is 3.33. The third-order valence-corrected chi connectivity index (χ3v) is 5.39. The molecule has 1 amide bonds. The van der Waals surface area contributed by atoms with Crippen molar-refractivity contribution in [3.05, 3.63) is 22.5 Å². The molecule has 0 bridgehead atoms. The molecule has 1 aliphatic rings. The van der Waals surface area contributed by atoms with E-state index in [0.717, 1.165) is 0 Å². The molecule has 1 atom stereocenters. The number of methoxy groups -OCH3 is 1. The van der Waals surface area contributed by atoms with Crippen LogP contribution < -0.4 is 5.32 Å². The summed E-state index contributed by atoms with van der Waals surface area (Å²) < 4.78 is 27.5. The van der Waals surface area contributed by atoms with Gasteiger partial charge in [0.15, 0.2) is 9.84 Å². The Morgan fingerprint density at radius 3 is 2.52 bits per heavy atom. The molecule has 116 valence electrons. The lowest BCUT2D eigenvalue weighted by molar-refractivity contribution is 0.0599. The SMILES string of the molecule is COC(=O)c1c(C)[nH]c(C(=O)NC2CCS(=O)(=O)C2)c1C. The Morgan fingerprint density at radius 2 is 2.00 bits per heavy atom. The van der Waals surface area contributed by atoms with E-state index in [0.29, 0.717) is 23.2 Å². The minimum absolute atomic E-state index is 0.0403. The van der Waals surface area contributed by atoms with Gasteiger partial charge in [-0.15, -0.1) is 0 Å². The molecular formula is C13H18N2O5S. The van der Waals surface area contributed by atoms with Crippen LogP contribution in [0.5, 0.6) is 0 Å². The zero-order chi connectivity index (χ0) is 15.8. The van der Waals surface area contributed by atoms with Gasteiger partial charge in [0.2, 0.25) is 0 Å². The number of hydrogen-bond acceptors (Lipinski definition) is 5. The number of amides is 1. The number of carbonyl (C=O) groups is 2. The number of aryl methyl sites for hydroxylation is 1. The molecule has 21 heavy (non-hydrogen) atoms. The van der Waals surface area contributed by atoms with Crippen molar-refractivity contribution in [2.24, 2.45) is 0 Å². The zero-order valence-corrected chi connectivity index (χ0v) is 13.0. The van der Waals surface area contributed by atoms with Crippen LogP contribution in [0.4, 0.5) is 0 Å². The first-order chi connectivity index (χ1) is 9.75. The number of H-pyrrole nitrogens is 1. The molecule has 7 nitrogen and oxygen atoms in total. The molecule has 1 aliphatic heterocycles. The highest BCUT2D eigenvalue weighted by atomic mass is 32.2. The van der Waals surface area contributed by atoms with Crippen LogP contribution in [-0.4, -0.2) is 49.9 Å². The van der Waals surface area contributed by atoms with E-state index in [9.17, 15) is 18.0 Å². The highest BCUT2D eigenvalue weighted by Gasteiger charge is 2.30. The molecule has 1 fully saturated rings. The van der Waals surface area contributed by atoms with Crippen LogP contribution in [0.3, 0.4) is 0 Å². The summed E-state index contributed by atoms with van der Waals surface area (Å²) in [6.07, 6.45) is 0.413. The Bertz CT molecular complexity index is 690. The maximum atomic E-state index is 12.2. The second-order valence-electron chi connectivity index (χ2n) is 5.19. The third-order valence-electron chi connectivity index (χ3n) is 3.62. The summed E-state index contributed by atoms with van der Waals surface area (Å²) in [4.78, 5) is 26.7. The Balaban J connectivity index is 2.19. The number of carbonyl (C=O) groups excluding carboxylic acids is 2. The predicted octanol–water partition coefficient (Wildman–Crippen LogP) is 0.335. The summed E-state index contributed by atoms with van der Waals surface area (Å²) in [5.74, 6) is -0.869. The van der Waals surface area contributed by atoms with Crippen LogP contribution in [-0.2, 0) is 14.6 Å². The van der Waals surface area contributed by atoms with Gasteiger partial charge in [0.05, 0.1) is 24.2 Å². The van der Waals surface area contributed by atoms with Gasteiger partial charge < -0.3 is 15.0 Å². The summed E-state index contributed by atoms with van der Waals surface area (Å²) in [5.41, 5.74) is 1.64. The largest absolute Gasteiger partial charge is 0.465 e. The maximum absolute atomic E-state index is 12.2. The van der Waals surface area contributed by atoms with Gasteiger partial charge in [-0.1, -0.05) is 0 Å². The number of ether oxygens (including phenoxy) is 1. The van der Waals surface area contributed by atoms with Crippen molar-refractivity contribution in [1.82, 2.24) is 10.3 Å². The molecule has 0 spiro atoms. The van der Waals surface area contributed by atoms with E-state index in [4.69, 9.17) is 0 Å². The molecule has 0 saturated carbocycles. The van der Waals surface area contributed by atoms with Gasteiger partial charge in [-0.25, -0.2) is 13.2 Å². The average molecular weight is 314 g/mol. The number of aromatic nitrogens is 1. The minimum Gasteiger partial charge on any atom is -0.465 e. The van der Waals surface area contributed by atoms with Gasteiger partial charge in [0.1, 0.15) is 5.69 Å². The van der Waals surface area contributed by atoms with Gasteiger partial charge in [0.25, 0.3) is 5.91 Å². The maximum Gasteiger partial charge on any atom is 0.339 e. The lowest BCUT2D eigenvalue weighted by atomic mass is 10.1. The number of aromatic amines is 1. The van der Waals surface area contributed by atoms with Crippen molar-refractivity contribution in [2.75, 3.05) is 18.6 Å². The first-order valence-electron chi connectivity index (χ1n) is 6.54. The molecule has 2 heterocycles. The number of nitrogens with one attached hydrogen (secondary N) is 2. The van der Waals surface area contributed by atoms with Crippen molar-refractivity contribution in [1.29, 1.82) is 0 Å². The van der Waals surface area contributed by atoms with E-state index in [1.165, 1.54) is 7.11 Å². The summed E-state index contributed by atoms with van der Waals surface area (Å²) in [6, 6.07) is -0.382. The van der Waals surface area contributed by atoms with Crippen molar-refractivity contribution in [2.45, 2.75) is 26.3 Å². The molecule has 1 saturated heterocycles. The molecule has 2 rings (SSSR count). The Morgan fingerprint density at radius 1 is 1.33 bits per heavy atom. The standard InChI is InChI=1S/C13H18N2O5S/c1-7-10(13(17)20-3)8(2)14-11(7)12(16)15-9-4-5-21(18,19)6-9/h9,14H,4-6H2,1-3H3,(H,15,16). The first kappa shape index (κ1) is 15.6. The van der Waals surface area contributed by atoms with E-state index in [1.807, 2.05) is 0 Å². The van der Waals surface area contributed by atoms with Crippen LogP contribution in [0.15, 0.2) is 0 Å². The normalized spacial score (nSPS) is 20.2. The fourth-order valence-corrected chi connectivity index (χ4v) is 4.23. The summed E-state index contributed by atoms with van der Waals surface area (Å²) >= 11 is 0. The quantitative estimate of drug-likeness (QED) is 0.782. The van der Waals surface area contributed by atoms with Gasteiger partial charge in [-0.05, 0) is 25.8 Å². The molecule has 2 N–H and O–H groups in total. The van der Waals surface area contributed by atoms with E-state index >= 15 is 0 Å². The number of rotatable bonds is 3. The minimum atomic E-state index is -3.05. The molecular weight excluding hydrogens is 296 g/mol. The van der Waals surface area contributed by atoms with Crippen molar-refractivity contribution < 1.29 is 22.7 Å². The van der Waals surface area contributed by atoms with Crippen LogP contribution in [0.25, 0.3) is 0 Å². The molecule has 1 aromatic heterocycles. The van der Waals surface area contributed by atoms with E-state index in [1.54, 1.807) is 13.8 Å². The molecule has 1 unspecified atom stereocenters. The van der Waals surface area contributed by atoms with Crippen molar-refractivity contribution in [3.63, 3.8) is 0 Å². The monoisotopic (exact) mass is 314 g/mol. The zero-order valence-electron chi connectivity index (χ0n) is 12.1. The highest BCUT2D eigenvalue weighted by molar-refractivity contribution is 7.91. The molecule has 1 aromatic rings. The second-order valence-corrected chi connectivity index (χ2v) is 7.42. The van der Waals surface area contributed by atoms with Crippen molar-refractivity contribution >= 4 is 21.7 Å². The van der Waals surface area contributed by atoms with Crippen LogP contribution in [0.1, 0.15) is 38.5 Å². The Kier molecular flexibility index (Phi) is 4.08. The van der Waals surface area contributed by atoms with Gasteiger partial charge >= 0.3 is 5.97 Å². The average Bonchev–Trinajstić information content (AvgIpc) is 2.88. The number of hydrogen-bond donors (Lipinski definition) is 2. The molecule has 0 aliphatic carbocycles.